The smallest absolute Gasteiger partial charge is 0.279 e. The van der Waals surface area contributed by atoms with E-state index in [1.165, 1.54) is 48.8 Å². The van der Waals surface area contributed by atoms with Gasteiger partial charge in [-0.1, -0.05) is 42.5 Å². The minimum atomic E-state index is 0. The van der Waals surface area contributed by atoms with Gasteiger partial charge in [0, 0.05) is 44.0 Å². The quantitative estimate of drug-likeness (QED) is 0.655. The van der Waals surface area contributed by atoms with Gasteiger partial charge in [0.15, 0.2) is 6.54 Å². The van der Waals surface area contributed by atoms with Crippen LogP contribution in [-0.2, 0) is 56.9 Å². The van der Waals surface area contributed by atoms with Crippen LogP contribution in [0.1, 0.15) is 48.8 Å². The predicted molar refractivity (Wildman–Crippen MR) is 111 cm³/mol. The molecule has 145 valence electrons. The number of fused-ring (bicyclic) bond motifs is 1. The number of hydrogen-bond acceptors (Lipinski definition) is 1. The van der Waals surface area contributed by atoms with Crippen molar-refractivity contribution in [1.29, 1.82) is 0 Å². The molecule has 1 radical (unpaired) electrons. The van der Waals surface area contributed by atoms with Gasteiger partial charge in [0.25, 0.3) is 5.91 Å². The Bertz CT molecular complexity index is 782. The van der Waals surface area contributed by atoms with Crippen LogP contribution in [0, 0.1) is 0 Å². The summed E-state index contributed by atoms with van der Waals surface area (Å²) in [6.07, 6.45) is 8.48. The first-order chi connectivity index (χ1) is 13.2. The predicted octanol–water partition coefficient (Wildman–Crippen LogP) is 4.70. The van der Waals surface area contributed by atoms with E-state index in [0.29, 0.717) is 6.54 Å². The number of quaternary nitrogens is 1. The molecule has 0 saturated carbocycles. The number of likely N-dealkylation sites (tertiary alicyclic amines) is 1. The second kappa shape index (κ2) is 10.1. The van der Waals surface area contributed by atoms with Gasteiger partial charge >= 0.3 is 0 Å². The Labute approximate surface area is 194 Å². The summed E-state index contributed by atoms with van der Waals surface area (Å²) in [6, 6.07) is 17.1. The third kappa shape index (κ3) is 5.31. The van der Waals surface area contributed by atoms with Crippen LogP contribution in [0.5, 0.6) is 0 Å². The fraction of sp³-hybridized carbons (Fsp3) is 0.458. The second-order valence-corrected chi connectivity index (χ2v) is 8.35. The summed E-state index contributed by atoms with van der Waals surface area (Å²) < 4.78 is 0.894. The number of aryl methyl sites for hydroxylation is 1. The van der Waals surface area contributed by atoms with Crippen molar-refractivity contribution in [2.75, 3.05) is 25.0 Å². The van der Waals surface area contributed by atoms with Crippen LogP contribution in [0.2, 0.25) is 0 Å². The molecule has 0 spiro atoms. The van der Waals surface area contributed by atoms with Crippen LogP contribution in [0.15, 0.2) is 48.5 Å². The van der Waals surface area contributed by atoms with Gasteiger partial charge in [-0.05, 0) is 62.1 Å². The topological polar surface area (TPSA) is 29.1 Å². The molecule has 4 heteroatoms. The van der Waals surface area contributed by atoms with E-state index in [9.17, 15) is 4.79 Å². The fourth-order valence-corrected chi connectivity index (χ4v) is 4.93. The zero-order valence-corrected chi connectivity index (χ0v) is 19.7. The zero-order chi connectivity index (χ0) is 18.5. The molecule has 1 fully saturated rings. The van der Waals surface area contributed by atoms with Crippen LogP contribution in [-0.4, -0.2) is 30.0 Å². The molecule has 2 aliphatic rings. The molecule has 0 aromatic heterocycles. The van der Waals surface area contributed by atoms with E-state index < -0.39 is 0 Å². The fourth-order valence-electron chi connectivity index (χ4n) is 4.93. The Hall–Kier alpha value is -1.03. The molecule has 1 N–H and O–H groups in total. The summed E-state index contributed by atoms with van der Waals surface area (Å²) >= 11 is 0. The van der Waals surface area contributed by atoms with Crippen molar-refractivity contribution in [2.45, 2.75) is 51.5 Å². The van der Waals surface area contributed by atoms with Crippen molar-refractivity contribution >= 4 is 11.6 Å². The van der Waals surface area contributed by atoms with Gasteiger partial charge in [0.05, 0.1) is 13.1 Å². The third-order valence-corrected chi connectivity index (χ3v) is 6.27. The maximum Gasteiger partial charge on any atom is 0.279 e. The van der Waals surface area contributed by atoms with E-state index in [4.69, 9.17) is 0 Å². The van der Waals surface area contributed by atoms with Gasteiger partial charge < -0.3 is 9.80 Å². The number of rotatable bonds is 5. The number of carbonyl (C=O) groups excluding carboxylic acids is 1. The molecule has 4 rings (SSSR count). The van der Waals surface area contributed by atoms with Gasteiger partial charge in [-0.3, -0.25) is 4.79 Å². The average Bonchev–Trinajstić information content (AvgIpc) is 3.05. The molecule has 2 aromatic rings. The van der Waals surface area contributed by atoms with Gasteiger partial charge in [-0.2, -0.15) is 0 Å². The summed E-state index contributed by atoms with van der Waals surface area (Å²) in [5.74, 6) is 0.174. The zero-order valence-electron chi connectivity index (χ0n) is 16.8. The standard InChI is InChI=1S/C24H30N2O.Y/c27-24(25-23-15-9-13-21-12-8-14-22(21)23)19-26(16-6-1-2-7-17-26)18-20-10-4-3-5-11-20;/h3-5,9-11,13,15H,1-2,6-8,12,14,16-19H2;/p+1. The number of hydrogen-bond donors (Lipinski definition) is 1. The Kier molecular flexibility index (Phi) is 7.85. The average molecular weight is 452 g/mol. The Morgan fingerprint density at radius 1 is 0.857 bits per heavy atom. The maximum absolute atomic E-state index is 13.1. The van der Waals surface area contributed by atoms with E-state index in [-0.39, 0.29) is 38.6 Å². The number of carbonyl (C=O) groups is 1. The summed E-state index contributed by atoms with van der Waals surface area (Å²) in [5.41, 5.74) is 5.16. The van der Waals surface area contributed by atoms with Crippen molar-refractivity contribution < 1.29 is 42.0 Å². The number of anilines is 1. The summed E-state index contributed by atoms with van der Waals surface area (Å²) in [6.45, 7) is 3.75. The van der Waals surface area contributed by atoms with Crippen molar-refractivity contribution in [3.63, 3.8) is 0 Å². The minimum Gasteiger partial charge on any atom is -0.321 e. The van der Waals surface area contributed by atoms with Crippen LogP contribution >= 0.6 is 0 Å². The van der Waals surface area contributed by atoms with E-state index in [1.807, 2.05) is 0 Å². The molecule has 1 saturated heterocycles. The molecule has 1 aliphatic carbocycles. The van der Waals surface area contributed by atoms with Crippen LogP contribution in [0.3, 0.4) is 0 Å². The van der Waals surface area contributed by atoms with Gasteiger partial charge in [0.1, 0.15) is 6.54 Å². The molecule has 28 heavy (non-hydrogen) atoms. The van der Waals surface area contributed by atoms with Crippen LogP contribution < -0.4 is 5.32 Å². The monoisotopic (exact) mass is 452 g/mol. The third-order valence-electron chi connectivity index (χ3n) is 6.27. The largest absolute Gasteiger partial charge is 0.321 e. The second-order valence-electron chi connectivity index (χ2n) is 8.35. The van der Waals surface area contributed by atoms with E-state index >= 15 is 0 Å². The van der Waals surface area contributed by atoms with Gasteiger partial charge in [-0.15, -0.1) is 0 Å². The van der Waals surface area contributed by atoms with Crippen LogP contribution in [0.4, 0.5) is 5.69 Å². The van der Waals surface area contributed by atoms with Crippen molar-refractivity contribution in [3.05, 3.63) is 65.2 Å². The minimum absolute atomic E-state index is 0. The molecular formula is C24H31N2OY+. The molecular weight excluding hydrogens is 421 g/mol. The molecule has 0 atom stereocenters. The van der Waals surface area contributed by atoms with E-state index in [0.717, 1.165) is 42.6 Å². The molecule has 1 amide bonds. The number of amides is 1. The number of nitrogens with one attached hydrogen (secondary N) is 1. The van der Waals surface area contributed by atoms with Crippen molar-refractivity contribution in [3.8, 4) is 0 Å². The molecule has 0 unspecified atom stereocenters. The molecule has 0 bridgehead atoms. The van der Waals surface area contributed by atoms with Crippen molar-refractivity contribution in [2.24, 2.45) is 0 Å². The SMILES string of the molecule is O=C(C[N+]1(Cc2ccccc2)CCCCCC1)Nc1cccc2c1CCC2.[Y]. The summed E-state index contributed by atoms with van der Waals surface area (Å²) in [4.78, 5) is 13.1. The summed E-state index contributed by atoms with van der Waals surface area (Å²) in [5, 5.41) is 3.27. The van der Waals surface area contributed by atoms with E-state index in [1.54, 1.807) is 0 Å². The molecule has 3 nitrogen and oxygen atoms in total. The Morgan fingerprint density at radius 3 is 2.36 bits per heavy atom. The first-order valence-corrected chi connectivity index (χ1v) is 10.5. The molecule has 1 heterocycles. The molecule has 1 aliphatic heterocycles. The van der Waals surface area contributed by atoms with Gasteiger partial charge in [0.2, 0.25) is 0 Å². The Balaban J connectivity index is 0.00000225. The first kappa shape index (κ1) is 21.7. The number of nitrogens with zero attached hydrogens (tertiary/aromatic N) is 1. The first-order valence-electron chi connectivity index (χ1n) is 10.5. The van der Waals surface area contributed by atoms with Crippen LogP contribution in [0.25, 0.3) is 0 Å². The Morgan fingerprint density at radius 2 is 1.61 bits per heavy atom. The summed E-state index contributed by atoms with van der Waals surface area (Å²) in [7, 11) is 0. The number of benzene rings is 2. The van der Waals surface area contributed by atoms with Gasteiger partial charge in [-0.25, -0.2) is 0 Å². The normalized spacial score (nSPS) is 17.9. The molecule has 2 aromatic carbocycles. The maximum atomic E-state index is 13.1. The van der Waals surface area contributed by atoms with E-state index in [2.05, 4.69) is 53.8 Å². The van der Waals surface area contributed by atoms with Crippen molar-refractivity contribution in [1.82, 2.24) is 0 Å².